The summed E-state index contributed by atoms with van der Waals surface area (Å²) in [6.45, 7) is 3.15. The Labute approximate surface area is 129 Å². The topological polar surface area (TPSA) is 24.9 Å². The van der Waals surface area contributed by atoms with E-state index in [0.29, 0.717) is 6.04 Å². The number of hydrogen-bond donors (Lipinski definition) is 1. The smallest absolute Gasteiger partial charge is 0.0705 e. The van der Waals surface area contributed by atoms with E-state index in [9.17, 15) is 0 Å². The molecular formula is C18H20N2S. The minimum Gasteiger partial charge on any atom is -0.314 e. The van der Waals surface area contributed by atoms with Crippen LogP contribution in [0.4, 0.5) is 0 Å². The Balaban J connectivity index is 1.76. The number of thiophene rings is 1. The van der Waals surface area contributed by atoms with Gasteiger partial charge < -0.3 is 5.32 Å². The highest BCUT2D eigenvalue weighted by atomic mass is 32.1. The molecule has 21 heavy (non-hydrogen) atoms. The van der Waals surface area contributed by atoms with E-state index in [1.54, 1.807) is 11.3 Å². The number of fused-ring (bicyclic) bond motifs is 1. The number of likely N-dealkylation sites (N-methyl/N-ethyl adjacent to an activating group) is 1. The van der Waals surface area contributed by atoms with E-state index in [0.717, 1.165) is 30.6 Å². The maximum absolute atomic E-state index is 4.79. The predicted octanol–water partition coefficient (Wildman–Crippen LogP) is 4.06. The van der Waals surface area contributed by atoms with Crippen LogP contribution in [-0.2, 0) is 12.8 Å². The van der Waals surface area contributed by atoms with Gasteiger partial charge in [-0.1, -0.05) is 31.2 Å². The fourth-order valence-corrected chi connectivity index (χ4v) is 3.35. The zero-order valence-corrected chi connectivity index (χ0v) is 13.1. The zero-order chi connectivity index (χ0) is 14.5. The van der Waals surface area contributed by atoms with Crippen LogP contribution in [0.3, 0.4) is 0 Å². The minimum atomic E-state index is 0.443. The lowest BCUT2D eigenvalue weighted by Gasteiger charge is -2.17. The van der Waals surface area contributed by atoms with Crippen LogP contribution in [0.15, 0.2) is 53.2 Å². The molecule has 2 heterocycles. The first-order valence-corrected chi connectivity index (χ1v) is 8.38. The molecule has 2 nitrogen and oxygen atoms in total. The van der Waals surface area contributed by atoms with Crippen molar-refractivity contribution in [1.29, 1.82) is 0 Å². The highest BCUT2D eigenvalue weighted by Crippen LogP contribution is 2.15. The summed E-state index contributed by atoms with van der Waals surface area (Å²) in [4.78, 5) is 4.79. The van der Waals surface area contributed by atoms with Crippen molar-refractivity contribution in [2.75, 3.05) is 6.54 Å². The molecule has 108 valence electrons. The molecule has 2 aromatic heterocycles. The monoisotopic (exact) mass is 296 g/mol. The molecule has 1 aromatic carbocycles. The highest BCUT2D eigenvalue weighted by Gasteiger charge is 2.11. The van der Waals surface area contributed by atoms with Crippen LogP contribution in [0.25, 0.3) is 10.9 Å². The molecule has 1 atom stereocenters. The van der Waals surface area contributed by atoms with Gasteiger partial charge in [0.2, 0.25) is 0 Å². The fourth-order valence-electron chi connectivity index (χ4n) is 2.67. The largest absolute Gasteiger partial charge is 0.314 e. The van der Waals surface area contributed by atoms with Crippen LogP contribution in [0.1, 0.15) is 18.2 Å². The normalized spacial score (nSPS) is 12.6. The lowest BCUT2D eigenvalue weighted by Crippen LogP contribution is -2.33. The maximum atomic E-state index is 4.79. The molecule has 0 fully saturated rings. The number of nitrogens with one attached hydrogen (secondary N) is 1. The molecule has 0 saturated carbocycles. The van der Waals surface area contributed by atoms with Crippen molar-refractivity contribution in [3.05, 3.63) is 64.5 Å². The summed E-state index contributed by atoms with van der Waals surface area (Å²) < 4.78 is 0. The van der Waals surface area contributed by atoms with E-state index in [2.05, 4.69) is 59.4 Å². The fraction of sp³-hybridized carbons (Fsp3) is 0.278. The third-order valence-electron chi connectivity index (χ3n) is 3.67. The van der Waals surface area contributed by atoms with Crippen LogP contribution in [0.2, 0.25) is 0 Å². The van der Waals surface area contributed by atoms with Crippen LogP contribution in [0.5, 0.6) is 0 Å². The van der Waals surface area contributed by atoms with E-state index < -0.39 is 0 Å². The van der Waals surface area contributed by atoms with E-state index >= 15 is 0 Å². The van der Waals surface area contributed by atoms with Gasteiger partial charge >= 0.3 is 0 Å². The van der Waals surface area contributed by atoms with Gasteiger partial charge in [-0.25, -0.2) is 0 Å². The van der Waals surface area contributed by atoms with Gasteiger partial charge in [-0.2, -0.15) is 11.3 Å². The minimum absolute atomic E-state index is 0.443. The lowest BCUT2D eigenvalue weighted by atomic mass is 10.0. The van der Waals surface area contributed by atoms with Crippen LogP contribution < -0.4 is 5.32 Å². The van der Waals surface area contributed by atoms with E-state index in [1.807, 2.05) is 6.07 Å². The molecule has 0 spiro atoms. The second-order valence-corrected chi connectivity index (χ2v) is 6.07. The summed E-state index contributed by atoms with van der Waals surface area (Å²) in [6, 6.07) is 15.3. The predicted molar refractivity (Wildman–Crippen MR) is 90.9 cm³/mol. The van der Waals surface area contributed by atoms with Gasteiger partial charge in [0.05, 0.1) is 5.52 Å². The third-order valence-corrected chi connectivity index (χ3v) is 4.40. The van der Waals surface area contributed by atoms with Gasteiger partial charge in [0.15, 0.2) is 0 Å². The lowest BCUT2D eigenvalue weighted by molar-refractivity contribution is 0.517. The number of aromatic nitrogens is 1. The van der Waals surface area contributed by atoms with Crippen molar-refractivity contribution in [3.63, 3.8) is 0 Å². The SMILES string of the molecule is CCNC(Cc1ccsc1)Cc1ccc2ccccc2n1. The summed E-state index contributed by atoms with van der Waals surface area (Å²) in [5, 5.41) is 9.17. The van der Waals surface area contributed by atoms with Gasteiger partial charge in [-0.3, -0.25) is 4.98 Å². The first-order valence-electron chi connectivity index (χ1n) is 7.44. The Morgan fingerprint density at radius 3 is 2.81 bits per heavy atom. The van der Waals surface area contributed by atoms with Crippen LogP contribution in [0, 0.1) is 0 Å². The second kappa shape index (κ2) is 6.83. The number of nitrogens with zero attached hydrogens (tertiary/aromatic N) is 1. The molecule has 0 amide bonds. The van der Waals surface area contributed by atoms with Crippen LogP contribution >= 0.6 is 11.3 Å². The summed E-state index contributed by atoms with van der Waals surface area (Å²) in [7, 11) is 0. The van der Waals surface area contributed by atoms with E-state index in [1.165, 1.54) is 10.9 Å². The molecule has 0 aliphatic carbocycles. The summed E-state index contributed by atoms with van der Waals surface area (Å²) >= 11 is 1.76. The molecule has 1 unspecified atom stereocenters. The average molecular weight is 296 g/mol. The molecule has 1 N–H and O–H groups in total. The standard InChI is InChI=1S/C18H20N2S/c1-2-19-17(11-14-9-10-21-13-14)12-16-8-7-15-5-3-4-6-18(15)20-16/h3-10,13,17,19H,2,11-12H2,1H3. The number of para-hydroxylation sites is 1. The van der Waals surface area contributed by atoms with Gasteiger partial charge in [0.1, 0.15) is 0 Å². The molecule has 0 saturated heterocycles. The Kier molecular flexibility index (Phi) is 4.63. The van der Waals surface area contributed by atoms with Gasteiger partial charge in [-0.05, 0) is 47.5 Å². The van der Waals surface area contributed by atoms with E-state index in [4.69, 9.17) is 4.98 Å². The number of rotatable bonds is 6. The molecule has 0 radical (unpaired) electrons. The Hall–Kier alpha value is -1.71. The highest BCUT2D eigenvalue weighted by molar-refractivity contribution is 7.07. The van der Waals surface area contributed by atoms with Gasteiger partial charge in [0, 0.05) is 23.5 Å². The summed E-state index contributed by atoms with van der Waals surface area (Å²) in [5.41, 5.74) is 3.66. The molecular weight excluding hydrogens is 276 g/mol. The van der Waals surface area contributed by atoms with Crippen molar-refractivity contribution in [1.82, 2.24) is 10.3 Å². The zero-order valence-electron chi connectivity index (χ0n) is 12.3. The average Bonchev–Trinajstić information content (AvgIpc) is 3.00. The first-order chi connectivity index (χ1) is 10.3. The van der Waals surface area contributed by atoms with Crippen molar-refractivity contribution in [2.24, 2.45) is 0 Å². The Morgan fingerprint density at radius 2 is 2.00 bits per heavy atom. The van der Waals surface area contributed by atoms with Crippen molar-refractivity contribution >= 4 is 22.2 Å². The van der Waals surface area contributed by atoms with Crippen molar-refractivity contribution in [2.45, 2.75) is 25.8 Å². The molecule has 3 heteroatoms. The van der Waals surface area contributed by atoms with E-state index in [-0.39, 0.29) is 0 Å². The van der Waals surface area contributed by atoms with Crippen molar-refractivity contribution < 1.29 is 0 Å². The number of pyridine rings is 1. The number of hydrogen-bond acceptors (Lipinski definition) is 3. The third kappa shape index (κ3) is 3.69. The quantitative estimate of drug-likeness (QED) is 0.742. The second-order valence-electron chi connectivity index (χ2n) is 5.29. The summed E-state index contributed by atoms with van der Waals surface area (Å²) in [6.07, 6.45) is 2.03. The van der Waals surface area contributed by atoms with Gasteiger partial charge in [-0.15, -0.1) is 0 Å². The number of benzene rings is 1. The summed E-state index contributed by atoms with van der Waals surface area (Å²) in [5.74, 6) is 0. The molecule has 3 aromatic rings. The Bertz CT molecular complexity index is 691. The first kappa shape index (κ1) is 14.2. The Morgan fingerprint density at radius 1 is 1.10 bits per heavy atom. The molecule has 0 aliphatic rings. The molecule has 3 rings (SSSR count). The maximum Gasteiger partial charge on any atom is 0.0705 e. The molecule has 0 aliphatic heterocycles. The van der Waals surface area contributed by atoms with Crippen LogP contribution in [-0.4, -0.2) is 17.6 Å². The van der Waals surface area contributed by atoms with Crippen molar-refractivity contribution in [3.8, 4) is 0 Å². The van der Waals surface area contributed by atoms with Gasteiger partial charge in [0.25, 0.3) is 0 Å². The molecule has 0 bridgehead atoms.